The molecular formula is C24H28N2O5. The van der Waals surface area contributed by atoms with Crippen LogP contribution in [0.15, 0.2) is 30.8 Å². The first kappa shape index (κ1) is 23.8. The Morgan fingerprint density at radius 3 is 2.42 bits per heavy atom. The van der Waals surface area contributed by atoms with Crippen LogP contribution < -0.4 is 10.1 Å². The van der Waals surface area contributed by atoms with Crippen molar-refractivity contribution in [3.63, 3.8) is 0 Å². The normalized spacial score (nSPS) is 12.1. The van der Waals surface area contributed by atoms with Crippen LogP contribution in [-0.4, -0.2) is 43.9 Å². The maximum absolute atomic E-state index is 12.4. The Kier molecular flexibility index (Phi) is 8.49. The summed E-state index contributed by atoms with van der Waals surface area (Å²) in [5.41, 5.74) is 1.84. The minimum atomic E-state index is -0.708. The highest BCUT2D eigenvalue weighted by molar-refractivity contribution is 6.01. The van der Waals surface area contributed by atoms with Gasteiger partial charge in [0.25, 0.3) is 5.91 Å². The van der Waals surface area contributed by atoms with Gasteiger partial charge in [0.15, 0.2) is 12.0 Å². The highest BCUT2D eigenvalue weighted by atomic mass is 16.5. The molecule has 1 aromatic carbocycles. The number of methoxy groups -OCH3 is 2. The molecule has 0 unspecified atom stereocenters. The second-order valence-electron chi connectivity index (χ2n) is 6.74. The lowest BCUT2D eigenvalue weighted by molar-refractivity contribution is 0.0594. The van der Waals surface area contributed by atoms with Crippen LogP contribution in [0.4, 0.5) is 0 Å². The molecule has 0 atom stereocenters. The number of esters is 1. The Balaban J connectivity index is 0.00000166. The monoisotopic (exact) mass is 424 g/mol. The minimum absolute atomic E-state index is 0.0527. The van der Waals surface area contributed by atoms with Crippen molar-refractivity contribution in [2.45, 2.75) is 26.7 Å². The first-order valence-corrected chi connectivity index (χ1v) is 10.2. The lowest BCUT2D eigenvalue weighted by Crippen LogP contribution is -2.27. The summed E-state index contributed by atoms with van der Waals surface area (Å²) in [5, 5.41) is 2.82. The number of hydrogen-bond donors (Lipinski definition) is 1. The molecule has 3 rings (SSSR count). The second-order valence-corrected chi connectivity index (χ2v) is 6.74. The van der Waals surface area contributed by atoms with Gasteiger partial charge in [-0.15, -0.1) is 0 Å². The largest absolute Gasteiger partial charge is 0.496 e. The van der Waals surface area contributed by atoms with Gasteiger partial charge in [-0.2, -0.15) is 0 Å². The maximum Gasteiger partial charge on any atom is 0.357 e. The Hall–Kier alpha value is -3.48. The summed E-state index contributed by atoms with van der Waals surface area (Å²) < 4.78 is 10.2. The summed E-state index contributed by atoms with van der Waals surface area (Å²) in [5.74, 6) is -0.0591. The van der Waals surface area contributed by atoms with Gasteiger partial charge in [0.2, 0.25) is 0 Å². The lowest BCUT2D eigenvalue weighted by atomic mass is 9.95. The Morgan fingerprint density at radius 1 is 1.16 bits per heavy atom. The molecule has 2 aromatic rings. The molecule has 7 nitrogen and oxygen atoms in total. The highest BCUT2D eigenvalue weighted by Crippen LogP contribution is 2.33. The van der Waals surface area contributed by atoms with Crippen LogP contribution in [0, 0.1) is 5.92 Å². The smallest absolute Gasteiger partial charge is 0.357 e. The fraction of sp³-hybridized carbons (Fsp3) is 0.333. The van der Waals surface area contributed by atoms with E-state index in [2.05, 4.69) is 16.9 Å². The highest BCUT2D eigenvalue weighted by Gasteiger charge is 2.24. The van der Waals surface area contributed by atoms with Gasteiger partial charge in [0.05, 0.1) is 14.2 Å². The van der Waals surface area contributed by atoms with Gasteiger partial charge in [0.1, 0.15) is 11.4 Å². The summed E-state index contributed by atoms with van der Waals surface area (Å²) in [4.78, 5) is 40.7. The molecule has 1 aliphatic carbocycles. The summed E-state index contributed by atoms with van der Waals surface area (Å²) in [6.07, 6.45) is 4.47. The van der Waals surface area contributed by atoms with Gasteiger partial charge < -0.3 is 14.8 Å². The second kappa shape index (κ2) is 11.1. The molecule has 1 N–H and O–H groups in total. The van der Waals surface area contributed by atoms with Gasteiger partial charge >= 0.3 is 5.97 Å². The van der Waals surface area contributed by atoms with E-state index in [1.165, 1.54) is 20.3 Å². The third kappa shape index (κ3) is 5.57. The molecule has 1 heterocycles. The van der Waals surface area contributed by atoms with Crippen molar-refractivity contribution in [2.75, 3.05) is 20.8 Å². The van der Waals surface area contributed by atoms with E-state index in [-0.39, 0.29) is 17.3 Å². The van der Waals surface area contributed by atoms with Crippen LogP contribution in [-0.2, 0) is 4.74 Å². The number of carbonyl (C=O) groups is 3. The predicted octanol–water partition coefficient (Wildman–Crippen LogP) is 4.17. The Morgan fingerprint density at radius 2 is 1.87 bits per heavy atom. The topological polar surface area (TPSA) is 94.6 Å². The molecule has 0 radical (unpaired) electrons. The number of amides is 1. The number of rotatable bonds is 8. The van der Waals surface area contributed by atoms with Crippen LogP contribution in [0.25, 0.3) is 17.2 Å². The number of benzene rings is 1. The SMILES string of the molecule is C=Cc1cc(C=O)c(-c2ccc(C(=O)NCC3CC3)nc2C(=O)OC)cc1OC.CC. The van der Waals surface area contributed by atoms with Gasteiger partial charge in [-0.3, -0.25) is 9.59 Å². The molecule has 1 saturated carbocycles. The van der Waals surface area contributed by atoms with Crippen molar-refractivity contribution < 1.29 is 23.9 Å². The molecular weight excluding hydrogens is 396 g/mol. The first-order valence-electron chi connectivity index (χ1n) is 10.2. The molecule has 1 amide bonds. The fourth-order valence-corrected chi connectivity index (χ4v) is 2.99. The van der Waals surface area contributed by atoms with Crippen LogP contribution in [0.3, 0.4) is 0 Å². The molecule has 0 aliphatic heterocycles. The van der Waals surface area contributed by atoms with Crippen LogP contribution >= 0.6 is 0 Å². The first-order chi connectivity index (χ1) is 15.0. The molecule has 0 spiro atoms. The molecule has 31 heavy (non-hydrogen) atoms. The molecule has 7 heteroatoms. The van der Waals surface area contributed by atoms with E-state index >= 15 is 0 Å². The average Bonchev–Trinajstić information content (AvgIpc) is 3.66. The molecule has 1 aliphatic rings. The van der Waals surface area contributed by atoms with E-state index in [9.17, 15) is 14.4 Å². The number of aldehydes is 1. The van der Waals surface area contributed by atoms with Gasteiger partial charge in [-0.1, -0.05) is 26.5 Å². The van der Waals surface area contributed by atoms with Crippen molar-refractivity contribution in [1.82, 2.24) is 10.3 Å². The number of ether oxygens (including phenoxy) is 2. The zero-order chi connectivity index (χ0) is 23.0. The van der Waals surface area contributed by atoms with Gasteiger partial charge in [0, 0.05) is 23.2 Å². The Labute approximate surface area is 182 Å². The minimum Gasteiger partial charge on any atom is -0.496 e. The van der Waals surface area contributed by atoms with Crippen molar-refractivity contribution in [1.29, 1.82) is 0 Å². The van der Waals surface area contributed by atoms with E-state index in [0.717, 1.165) is 12.8 Å². The summed E-state index contributed by atoms with van der Waals surface area (Å²) in [6, 6.07) is 6.36. The molecule has 1 aromatic heterocycles. The zero-order valence-corrected chi connectivity index (χ0v) is 18.4. The quantitative estimate of drug-likeness (QED) is 0.505. The molecule has 1 fully saturated rings. The molecule has 0 saturated heterocycles. The lowest BCUT2D eigenvalue weighted by Gasteiger charge is -2.14. The van der Waals surface area contributed by atoms with Gasteiger partial charge in [-0.25, -0.2) is 9.78 Å². The van der Waals surface area contributed by atoms with Crippen molar-refractivity contribution in [2.24, 2.45) is 5.92 Å². The summed E-state index contributed by atoms with van der Waals surface area (Å²) in [7, 11) is 2.73. The van der Waals surface area contributed by atoms with Crippen molar-refractivity contribution in [3.05, 3.63) is 53.4 Å². The number of pyridine rings is 1. The average molecular weight is 424 g/mol. The third-order valence-electron chi connectivity index (χ3n) is 4.79. The zero-order valence-electron chi connectivity index (χ0n) is 18.4. The van der Waals surface area contributed by atoms with E-state index in [1.54, 1.807) is 24.3 Å². The standard InChI is InChI=1S/C22H22N2O5.C2H6/c1-4-14-9-15(12-25)17(10-19(14)28-2)16-7-8-18(24-20(16)22(27)29-3)21(26)23-11-13-5-6-13;1-2/h4,7-10,12-13H,1,5-6,11H2,2-3H3,(H,23,26);1-2H3. The Bertz CT molecular complexity index is 980. The van der Waals surface area contributed by atoms with Crippen molar-refractivity contribution in [3.8, 4) is 16.9 Å². The summed E-state index contributed by atoms with van der Waals surface area (Å²) >= 11 is 0. The van der Waals surface area contributed by atoms with Crippen LogP contribution in [0.1, 0.15) is 63.6 Å². The maximum atomic E-state index is 12.4. The van der Waals surface area contributed by atoms with E-state index in [4.69, 9.17) is 9.47 Å². The molecule has 164 valence electrons. The molecule has 0 bridgehead atoms. The van der Waals surface area contributed by atoms with E-state index < -0.39 is 5.97 Å². The van der Waals surface area contributed by atoms with E-state index in [0.29, 0.717) is 46.8 Å². The number of carbonyl (C=O) groups excluding carboxylic acids is 3. The number of aromatic nitrogens is 1. The summed E-state index contributed by atoms with van der Waals surface area (Å²) in [6.45, 7) is 8.30. The van der Waals surface area contributed by atoms with Crippen LogP contribution in [0.5, 0.6) is 5.75 Å². The fourth-order valence-electron chi connectivity index (χ4n) is 2.99. The number of nitrogens with one attached hydrogen (secondary N) is 1. The number of nitrogens with zero attached hydrogens (tertiary/aromatic N) is 1. The van der Waals surface area contributed by atoms with Gasteiger partial charge in [-0.05, 0) is 48.6 Å². The van der Waals surface area contributed by atoms with Crippen LogP contribution in [0.2, 0.25) is 0 Å². The third-order valence-corrected chi connectivity index (χ3v) is 4.79. The van der Waals surface area contributed by atoms with Crippen molar-refractivity contribution >= 4 is 24.2 Å². The number of hydrogen-bond acceptors (Lipinski definition) is 6. The predicted molar refractivity (Wildman–Crippen MR) is 119 cm³/mol. The van der Waals surface area contributed by atoms with E-state index in [1.807, 2.05) is 13.8 Å².